The monoisotopic (exact) mass is 419 g/mol. The first-order valence-corrected chi connectivity index (χ1v) is 10.5. The summed E-state index contributed by atoms with van der Waals surface area (Å²) in [6, 6.07) is 22.0. The van der Waals surface area contributed by atoms with E-state index in [4.69, 9.17) is 9.47 Å². The molecule has 0 aliphatic rings. The molecule has 0 bridgehead atoms. The highest BCUT2D eigenvalue weighted by molar-refractivity contribution is 5.92. The van der Waals surface area contributed by atoms with Gasteiger partial charge in [-0.25, -0.2) is 0 Å². The van der Waals surface area contributed by atoms with Gasteiger partial charge in [-0.1, -0.05) is 48.0 Å². The predicted molar refractivity (Wildman–Crippen MR) is 124 cm³/mol. The van der Waals surface area contributed by atoms with Crippen LogP contribution in [0.4, 0.5) is 5.69 Å². The number of carbonyl (C=O) groups is 1. The second-order valence-corrected chi connectivity index (χ2v) is 7.94. The van der Waals surface area contributed by atoms with E-state index in [1.807, 2.05) is 81.6 Å². The van der Waals surface area contributed by atoms with Crippen LogP contribution in [0.5, 0.6) is 11.5 Å². The number of benzene rings is 3. The lowest BCUT2D eigenvalue weighted by Crippen LogP contribution is -3.08. The van der Waals surface area contributed by atoms with Gasteiger partial charge in [0.15, 0.2) is 18.0 Å². The van der Waals surface area contributed by atoms with Crippen molar-refractivity contribution in [3.63, 3.8) is 0 Å². The van der Waals surface area contributed by atoms with Crippen molar-refractivity contribution in [2.24, 2.45) is 0 Å². The molecule has 0 saturated carbocycles. The SMILES string of the molecule is COc1cc(C[NH+](C)CC(=O)Nc2ccc(C)cc2C)ccc1OCc1ccccc1. The molecule has 0 radical (unpaired) electrons. The molecule has 0 aliphatic heterocycles. The second-order valence-electron chi connectivity index (χ2n) is 7.94. The number of likely N-dealkylation sites (N-methyl/N-ethyl adjacent to an activating group) is 1. The fourth-order valence-electron chi connectivity index (χ4n) is 3.51. The molecule has 0 spiro atoms. The maximum absolute atomic E-state index is 12.5. The Bertz CT molecular complexity index is 1020. The lowest BCUT2D eigenvalue weighted by Gasteiger charge is -2.16. The van der Waals surface area contributed by atoms with Crippen LogP contribution >= 0.6 is 0 Å². The number of amides is 1. The molecule has 0 aliphatic carbocycles. The Morgan fingerprint density at radius 1 is 0.935 bits per heavy atom. The molecule has 1 atom stereocenters. The van der Waals surface area contributed by atoms with Crippen molar-refractivity contribution in [2.75, 3.05) is 26.0 Å². The van der Waals surface area contributed by atoms with E-state index < -0.39 is 0 Å². The number of rotatable bonds is 9. The standard InChI is InChI=1S/C26H30N2O3/c1-19-10-12-23(20(2)14-19)27-26(29)17-28(3)16-22-11-13-24(25(15-22)30-4)31-18-21-8-6-5-7-9-21/h5-15H,16-18H2,1-4H3,(H,27,29)/p+1. The van der Waals surface area contributed by atoms with Gasteiger partial charge >= 0.3 is 0 Å². The van der Waals surface area contributed by atoms with Crippen molar-refractivity contribution in [3.05, 3.63) is 89.0 Å². The summed E-state index contributed by atoms with van der Waals surface area (Å²) in [6.07, 6.45) is 0. The largest absolute Gasteiger partial charge is 0.493 e. The van der Waals surface area contributed by atoms with Crippen molar-refractivity contribution in [1.29, 1.82) is 0 Å². The van der Waals surface area contributed by atoms with Crippen molar-refractivity contribution in [3.8, 4) is 11.5 Å². The Labute approximate surface area is 184 Å². The highest BCUT2D eigenvalue weighted by Gasteiger charge is 2.14. The quantitative estimate of drug-likeness (QED) is 0.558. The average Bonchev–Trinajstić information content (AvgIpc) is 2.75. The lowest BCUT2D eigenvalue weighted by molar-refractivity contribution is -0.885. The van der Waals surface area contributed by atoms with E-state index in [1.54, 1.807) is 7.11 Å². The maximum atomic E-state index is 12.5. The Hall–Kier alpha value is -3.31. The molecule has 1 unspecified atom stereocenters. The van der Waals surface area contributed by atoms with E-state index in [-0.39, 0.29) is 5.91 Å². The van der Waals surface area contributed by atoms with Gasteiger partial charge < -0.3 is 19.7 Å². The Balaban J connectivity index is 1.56. The van der Waals surface area contributed by atoms with Gasteiger partial charge in [-0.2, -0.15) is 0 Å². The van der Waals surface area contributed by atoms with Gasteiger partial charge in [0.2, 0.25) is 0 Å². The molecule has 0 aromatic heterocycles. The van der Waals surface area contributed by atoms with Gasteiger partial charge in [0, 0.05) is 11.3 Å². The third kappa shape index (κ3) is 6.59. The summed E-state index contributed by atoms with van der Waals surface area (Å²) in [4.78, 5) is 13.6. The molecular weight excluding hydrogens is 388 g/mol. The van der Waals surface area contributed by atoms with Crippen LogP contribution in [0, 0.1) is 13.8 Å². The molecule has 3 aromatic rings. The summed E-state index contributed by atoms with van der Waals surface area (Å²) < 4.78 is 11.5. The summed E-state index contributed by atoms with van der Waals surface area (Å²) in [5.74, 6) is 1.40. The third-order valence-electron chi connectivity index (χ3n) is 5.09. The first kappa shape index (κ1) is 22.4. The maximum Gasteiger partial charge on any atom is 0.279 e. The number of ether oxygens (including phenoxy) is 2. The van der Waals surface area contributed by atoms with Crippen LogP contribution in [0.25, 0.3) is 0 Å². The number of aryl methyl sites for hydroxylation is 2. The summed E-state index contributed by atoms with van der Waals surface area (Å²) in [6.45, 7) is 5.62. The molecule has 1 amide bonds. The van der Waals surface area contributed by atoms with Gasteiger partial charge in [0.25, 0.3) is 5.91 Å². The Morgan fingerprint density at radius 3 is 2.42 bits per heavy atom. The number of nitrogens with one attached hydrogen (secondary N) is 2. The van der Waals surface area contributed by atoms with Crippen LogP contribution < -0.4 is 19.7 Å². The molecule has 5 heteroatoms. The van der Waals surface area contributed by atoms with Crippen molar-refractivity contribution in [2.45, 2.75) is 27.0 Å². The van der Waals surface area contributed by atoms with E-state index in [0.29, 0.717) is 31.2 Å². The van der Waals surface area contributed by atoms with Gasteiger partial charge in [0.1, 0.15) is 13.2 Å². The van der Waals surface area contributed by atoms with E-state index >= 15 is 0 Å². The summed E-state index contributed by atoms with van der Waals surface area (Å²) in [5.41, 5.74) is 5.31. The lowest BCUT2D eigenvalue weighted by atomic mass is 10.1. The minimum absolute atomic E-state index is 0.000711. The molecule has 162 valence electrons. The average molecular weight is 420 g/mol. The number of carbonyl (C=O) groups excluding carboxylic acids is 1. The zero-order chi connectivity index (χ0) is 22.2. The van der Waals surface area contributed by atoms with E-state index in [2.05, 4.69) is 11.4 Å². The molecule has 5 nitrogen and oxygen atoms in total. The van der Waals surface area contributed by atoms with E-state index in [1.165, 1.54) is 5.56 Å². The molecule has 0 heterocycles. The molecule has 0 saturated heterocycles. The molecule has 0 fully saturated rings. The fourth-order valence-corrected chi connectivity index (χ4v) is 3.51. The molecule has 3 rings (SSSR count). The molecular formula is C26H31N2O3+. The van der Waals surface area contributed by atoms with Gasteiger partial charge in [-0.15, -0.1) is 0 Å². The van der Waals surface area contributed by atoms with Gasteiger partial charge in [-0.05, 0) is 49.2 Å². The zero-order valence-electron chi connectivity index (χ0n) is 18.7. The number of hydrogen-bond acceptors (Lipinski definition) is 3. The third-order valence-corrected chi connectivity index (χ3v) is 5.09. The van der Waals surface area contributed by atoms with Crippen LogP contribution in [0.2, 0.25) is 0 Å². The topological polar surface area (TPSA) is 52.0 Å². The first-order valence-electron chi connectivity index (χ1n) is 10.5. The van der Waals surface area contributed by atoms with Crippen LogP contribution in [0.1, 0.15) is 22.3 Å². The van der Waals surface area contributed by atoms with Crippen LogP contribution in [-0.4, -0.2) is 26.6 Å². The fraction of sp³-hybridized carbons (Fsp3) is 0.269. The van der Waals surface area contributed by atoms with Crippen molar-refractivity contribution in [1.82, 2.24) is 0 Å². The second kappa shape index (κ2) is 10.6. The van der Waals surface area contributed by atoms with Crippen LogP contribution in [0.3, 0.4) is 0 Å². The number of quaternary nitrogens is 1. The number of anilines is 1. The molecule has 31 heavy (non-hydrogen) atoms. The minimum Gasteiger partial charge on any atom is -0.493 e. The highest BCUT2D eigenvalue weighted by Crippen LogP contribution is 2.28. The molecule has 2 N–H and O–H groups in total. The normalized spacial score (nSPS) is 11.6. The summed E-state index contributed by atoms with van der Waals surface area (Å²) >= 11 is 0. The Kier molecular flexibility index (Phi) is 7.68. The van der Waals surface area contributed by atoms with Gasteiger partial charge in [-0.3, -0.25) is 4.79 Å². The smallest absolute Gasteiger partial charge is 0.279 e. The number of methoxy groups -OCH3 is 1. The first-order chi connectivity index (χ1) is 14.9. The number of hydrogen-bond donors (Lipinski definition) is 2. The van der Waals surface area contributed by atoms with Crippen LogP contribution in [-0.2, 0) is 17.9 Å². The van der Waals surface area contributed by atoms with Crippen molar-refractivity contribution >= 4 is 11.6 Å². The summed E-state index contributed by atoms with van der Waals surface area (Å²) in [5, 5.41) is 3.01. The molecule has 3 aromatic carbocycles. The Morgan fingerprint density at radius 2 is 1.71 bits per heavy atom. The zero-order valence-corrected chi connectivity index (χ0v) is 18.7. The minimum atomic E-state index is -0.000711. The van der Waals surface area contributed by atoms with E-state index in [9.17, 15) is 4.79 Å². The predicted octanol–water partition coefficient (Wildman–Crippen LogP) is 3.54. The van der Waals surface area contributed by atoms with Crippen LogP contribution in [0.15, 0.2) is 66.7 Å². The van der Waals surface area contributed by atoms with E-state index in [0.717, 1.165) is 27.3 Å². The highest BCUT2D eigenvalue weighted by atomic mass is 16.5. The van der Waals surface area contributed by atoms with Crippen molar-refractivity contribution < 1.29 is 19.2 Å². The summed E-state index contributed by atoms with van der Waals surface area (Å²) in [7, 11) is 3.65. The van der Waals surface area contributed by atoms with Gasteiger partial charge in [0.05, 0.1) is 14.2 Å².